The predicted octanol–water partition coefficient (Wildman–Crippen LogP) is -0.396. The summed E-state index contributed by atoms with van der Waals surface area (Å²) in [6.07, 6.45) is 0.824. The first-order valence-electron chi connectivity index (χ1n) is 6.14. The zero-order chi connectivity index (χ0) is 14.4. The van der Waals surface area contributed by atoms with Gasteiger partial charge in [0.05, 0.1) is 13.2 Å². The first-order valence-corrected chi connectivity index (χ1v) is 6.14. The van der Waals surface area contributed by atoms with Crippen molar-refractivity contribution < 1.29 is 23.9 Å². The van der Waals surface area contributed by atoms with Gasteiger partial charge in [-0.25, -0.2) is 9.59 Å². The summed E-state index contributed by atoms with van der Waals surface area (Å²) < 4.78 is 9.63. The summed E-state index contributed by atoms with van der Waals surface area (Å²) in [7, 11) is 0. The largest absolute Gasteiger partial charge is 0.464 e. The number of allylic oxidation sites excluding steroid dienone is 1. The van der Waals surface area contributed by atoms with Gasteiger partial charge in [-0.1, -0.05) is 0 Å². The number of primary amides is 1. The highest BCUT2D eigenvalue weighted by Crippen LogP contribution is 2.20. The Morgan fingerprint density at radius 2 is 1.89 bits per heavy atom. The smallest absolute Gasteiger partial charge is 0.345 e. The number of amides is 1. The Labute approximate surface area is 111 Å². The second-order valence-electron chi connectivity index (χ2n) is 3.93. The molecule has 0 aliphatic carbocycles. The van der Waals surface area contributed by atoms with Gasteiger partial charge < -0.3 is 20.5 Å². The molecule has 7 nitrogen and oxygen atoms in total. The maximum Gasteiger partial charge on any atom is 0.345 e. The highest BCUT2D eigenvalue weighted by atomic mass is 16.5. The Balaban J connectivity index is 2.86. The Bertz CT molecular complexity index is 416. The van der Waals surface area contributed by atoms with Crippen LogP contribution in [0.3, 0.4) is 0 Å². The molecule has 106 valence electrons. The summed E-state index contributed by atoms with van der Waals surface area (Å²) in [5.41, 5.74) is 5.28. The predicted molar refractivity (Wildman–Crippen MR) is 65.6 cm³/mol. The van der Waals surface area contributed by atoms with Crippen LogP contribution in [0.15, 0.2) is 11.3 Å². The molecule has 19 heavy (non-hydrogen) atoms. The van der Waals surface area contributed by atoms with E-state index in [4.69, 9.17) is 15.2 Å². The van der Waals surface area contributed by atoms with Crippen LogP contribution in [-0.2, 0) is 23.9 Å². The molecule has 1 unspecified atom stereocenters. The number of esters is 2. The SMILES string of the molecule is CCOC(=O)/C(C(N)=O)=C1/CCC(C(=O)OCC)N1. The molecule has 1 rings (SSSR count). The van der Waals surface area contributed by atoms with Gasteiger partial charge in [-0.2, -0.15) is 0 Å². The molecule has 0 bridgehead atoms. The quantitative estimate of drug-likeness (QED) is 0.305. The highest BCUT2D eigenvalue weighted by molar-refractivity contribution is 6.16. The van der Waals surface area contributed by atoms with Crippen molar-refractivity contribution in [3.8, 4) is 0 Å². The van der Waals surface area contributed by atoms with Crippen molar-refractivity contribution in [1.29, 1.82) is 0 Å². The zero-order valence-electron chi connectivity index (χ0n) is 11.0. The molecule has 1 fully saturated rings. The van der Waals surface area contributed by atoms with Gasteiger partial charge in [-0.3, -0.25) is 4.79 Å². The molecule has 3 N–H and O–H groups in total. The van der Waals surface area contributed by atoms with Crippen LogP contribution in [0.5, 0.6) is 0 Å². The minimum Gasteiger partial charge on any atom is -0.464 e. The summed E-state index contributed by atoms with van der Waals surface area (Å²) in [6, 6.07) is -0.557. The van der Waals surface area contributed by atoms with Crippen molar-refractivity contribution in [2.24, 2.45) is 5.73 Å². The van der Waals surface area contributed by atoms with Crippen LogP contribution < -0.4 is 11.1 Å². The summed E-state index contributed by atoms with van der Waals surface area (Å²) in [6.45, 7) is 3.75. The van der Waals surface area contributed by atoms with E-state index in [0.717, 1.165) is 0 Å². The number of ether oxygens (including phenoxy) is 2. The van der Waals surface area contributed by atoms with E-state index in [1.54, 1.807) is 13.8 Å². The lowest BCUT2D eigenvalue weighted by Crippen LogP contribution is -2.34. The number of carbonyl (C=O) groups is 3. The van der Waals surface area contributed by atoms with Gasteiger partial charge in [-0.15, -0.1) is 0 Å². The fourth-order valence-corrected chi connectivity index (χ4v) is 1.84. The Morgan fingerprint density at radius 3 is 2.42 bits per heavy atom. The monoisotopic (exact) mass is 270 g/mol. The molecular weight excluding hydrogens is 252 g/mol. The first kappa shape index (κ1) is 15.0. The molecule has 1 aliphatic heterocycles. The van der Waals surface area contributed by atoms with Crippen molar-refractivity contribution in [3.63, 3.8) is 0 Å². The lowest BCUT2D eigenvalue weighted by Gasteiger charge is -2.11. The van der Waals surface area contributed by atoms with E-state index in [1.807, 2.05) is 0 Å². The van der Waals surface area contributed by atoms with E-state index in [-0.39, 0.29) is 18.8 Å². The molecule has 1 heterocycles. The van der Waals surface area contributed by atoms with Crippen molar-refractivity contribution in [3.05, 3.63) is 11.3 Å². The molecule has 0 aromatic heterocycles. The van der Waals surface area contributed by atoms with Gasteiger partial charge in [0.25, 0.3) is 5.91 Å². The van der Waals surface area contributed by atoms with Gasteiger partial charge in [0.1, 0.15) is 11.6 Å². The van der Waals surface area contributed by atoms with Crippen molar-refractivity contribution in [2.75, 3.05) is 13.2 Å². The number of carbonyl (C=O) groups excluding carboxylic acids is 3. The number of rotatable bonds is 5. The van der Waals surface area contributed by atoms with Crippen molar-refractivity contribution in [2.45, 2.75) is 32.7 Å². The van der Waals surface area contributed by atoms with Crippen LogP contribution in [-0.4, -0.2) is 37.1 Å². The molecule has 0 aromatic rings. The summed E-state index contributed by atoms with van der Waals surface area (Å²) >= 11 is 0. The van der Waals surface area contributed by atoms with E-state index < -0.39 is 23.9 Å². The second-order valence-corrected chi connectivity index (χ2v) is 3.93. The number of hydrogen-bond donors (Lipinski definition) is 2. The number of hydrogen-bond acceptors (Lipinski definition) is 6. The van der Waals surface area contributed by atoms with Crippen molar-refractivity contribution in [1.82, 2.24) is 5.32 Å². The number of nitrogens with one attached hydrogen (secondary N) is 1. The fourth-order valence-electron chi connectivity index (χ4n) is 1.84. The normalized spacial score (nSPS) is 20.4. The summed E-state index contributed by atoms with van der Waals surface area (Å²) in [5.74, 6) is -2.06. The molecule has 7 heteroatoms. The molecule has 1 saturated heterocycles. The lowest BCUT2D eigenvalue weighted by molar-refractivity contribution is -0.145. The molecule has 1 atom stereocenters. The van der Waals surface area contributed by atoms with E-state index in [2.05, 4.69) is 5.32 Å². The molecule has 0 spiro atoms. The third kappa shape index (κ3) is 3.70. The molecule has 1 amide bonds. The molecule has 0 radical (unpaired) electrons. The average Bonchev–Trinajstić information content (AvgIpc) is 2.78. The van der Waals surface area contributed by atoms with Crippen LogP contribution in [0.2, 0.25) is 0 Å². The fraction of sp³-hybridized carbons (Fsp3) is 0.583. The van der Waals surface area contributed by atoms with E-state index in [0.29, 0.717) is 18.5 Å². The van der Waals surface area contributed by atoms with Gasteiger partial charge in [-0.05, 0) is 26.7 Å². The lowest BCUT2D eigenvalue weighted by atomic mass is 10.1. The van der Waals surface area contributed by atoms with E-state index in [1.165, 1.54) is 0 Å². The molecule has 1 aliphatic rings. The topological polar surface area (TPSA) is 108 Å². The molecular formula is C12H18N2O5. The minimum atomic E-state index is -0.870. The minimum absolute atomic E-state index is 0.143. The molecule has 0 saturated carbocycles. The van der Waals surface area contributed by atoms with Gasteiger partial charge in [0.15, 0.2) is 0 Å². The highest BCUT2D eigenvalue weighted by Gasteiger charge is 2.32. The zero-order valence-corrected chi connectivity index (χ0v) is 11.0. The number of nitrogens with two attached hydrogens (primary N) is 1. The Morgan fingerprint density at radius 1 is 1.26 bits per heavy atom. The van der Waals surface area contributed by atoms with E-state index in [9.17, 15) is 14.4 Å². The molecule has 0 aromatic carbocycles. The first-order chi connectivity index (χ1) is 9.01. The van der Waals surface area contributed by atoms with Crippen LogP contribution in [0.1, 0.15) is 26.7 Å². The second kappa shape index (κ2) is 6.77. The maximum atomic E-state index is 11.6. The third-order valence-corrected chi connectivity index (χ3v) is 2.63. The Hall–Kier alpha value is -2.05. The van der Waals surface area contributed by atoms with Crippen LogP contribution in [0.25, 0.3) is 0 Å². The average molecular weight is 270 g/mol. The van der Waals surface area contributed by atoms with Gasteiger partial charge >= 0.3 is 11.9 Å². The van der Waals surface area contributed by atoms with Gasteiger partial charge in [0, 0.05) is 5.70 Å². The van der Waals surface area contributed by atoms with Crippen LogP contribution >= 0.6 is 0 Å². The van der Waals surface area contributed by atoms with E-state index >= 15 is 0 Å². The summed E-state index contributed by atoms with van der Waals surface area (Å²) in [4.78, 5) is 34.5. The van der Waals surface area contributed by atoms with Gasteiger partial charge in [0.2, 0.25) is 0 Å². The maximum absolute atomic E-state index is 11.6. The standard InChI is InChI=1S/C12H18N2O5/c1-3-18-11(16)8-6-5-7(14-8)9(10(13)15)12(17)19-4-2/h8,14H,3-6H2,1-2H3,(H2,13,15)/b9-7-. The Kier molecular flexibility index (Phi) is 5.35. The van der Waals surface area contributed by atoms with Crippen LogP contribution in [0.4, 0.5) is 0 Å². The summed E-state index contributed by atoms with van der Waals surface area (Å²) in [5, 5.41) is 2.80. The van der Waals surface area contributed by atoms with Crippen LogP contribution in [0, 0.1) is 0 Å². The van der Waals surface area contributed by atoms with Crippen molar-refractivity contribution >= 4 is 17.8 Å². The third-order valence-electron chi connectivity index (χ3n) is 2.63.